The molecule has 1 unspecified atom stereocenters. The van der Waals surface area contributed by atoms with Crippen LogP contribution in [-0.2, 0) is 0 Å². The third-order valence-electron chi connectivity index (χ3n) is 4.24. The topological polar surface area (TPSA) is 93.4 Å². The zero-order chi connectivity index (χ0) is 16.7. The Labute approximate surface area is 139 Å². The first-order valence-electron chi connectivity index (χ1n) is 7.92. The van der Waals surface area contributed by atoms with Gasteiger partial charge >= 0.3 is 0 Å². The fourth-order valence-corrected chi connectivity index (χ4v) is 2.49. The molecule has 0 aliphatic carbocycles. The Balaban J connectivity index is 1.81. The minimum absolute atomic E-state index is 0.270. The summed E-state index contributed by atoms with van der Waals surface area (Å²) in [4.78, 5) is 9.06. The summed E-state index contributed by atoms with van der Waals surface area (Å²) in [5.41, 5.74) is 2.53. The van der Waals surface area contributed by atoms with Gasteiger partial charge in [0.2, 0.25) is 5.95 Å². The maximum atomic E-state index is 4.63. The first-order valence-corrected chi connectivity index (χ1v) is 7.92. The summed E-state index contributed by atoms with van der Waals surface area (Å²) in [5.74, 6) is 2.37. The Morgan fingerprint density at radius 1 is 1.17 bits per heavy atom. The number of nitrogens with one attached hydrogen (secondary N) is 2. The van der Waals surface area contributed by atoms with E-state index in [9.17, 15) is 0 Å². The predicted molar refractivity (Wildman–Crippen MR) is 91.4 cm³/mol. The van der Waals surface area contributed by atoms with Gasteiger partial charge in [0.1, 0.15) is 5.82 Å². The number of anilines is 3. The quantitative estimate of drug-likeness (QED) is 0.599. The SMILES string of the molecule is CC(C)C(C)Nc1ncc2c(n1)Nc1ccccc1-n1nnnc1-2. The van der Waals surface area contributed by atoms with Crippen LogP contribution in [-0.4, -0.2) is 36.2 Å². The van der Waals surface area contributed by atoms with Gasteiger partial charge in [0.25, 0.3) is 0 Å². The molecule has 1 aliphatic heterocycles. The lowest BCUT2D eigenvalue weighted by atomic mass is 10.1. The molecule has 1 atom stereocenters. The molecule has 0 spiro atoms. The predicted octanol–water partition coefficient (Wildman–Crippen LogP) is 2.63. The molecule has 0 saturated carbocycles. The van der Waals surface area contributed by atoms with E-state index < -0.39 is 0 Å². The Kier molecular flexibility index (Phi) is 3.37. The number of fused-ring (bicyclic) bond motifs is 5. The third-order valence-corrected chi connectivity index (χ3v) is 4.24. The normalized spacial score (nSPS) is 13.3. The standard InChI is InChI=1S/C16H18N8/c1-9(2)10(3)18-16-17-8-11-14(20-16)19-12-6-4-5-7-13(12)24-15(11)21-22-23-24/h4-10H,1-3H3,(H2,17,18,19,20). The van der Waals surface area contributed by atoms with Gasteiger partial charge in [0, 0.05) is 12.2 Å². The van der Waals surface area contributed by atoms with E-state index in [0.29, 0.717) is 23.5 Å². The van der Waals surface area contributed by atoms with E-state index in [0.717, 1.165) is 16.9 Å². The van der Waals surface area contributed by atoms with Crippen molar-refractivity contribution in [1.82, 2.24) is 30.2 Å². The summed E-state index contributed by atoms with van der Waals surface area (Å²) >= 11 is 0. The van der Waals surface area contributed by atoms with Crippen LogP contribution in [0.3, 0.4) is 0 Å². The zero-order valence-electron chi connectivity index (χ0n) is 13.7. The first-order chi connectivity index (χ1) is 11.6. The number of para-hydroxylation sites is 2. The molecule has 0 fully saturated rings. The molecule has 1 aromatic carbocycles. The van der Waals surface area contributed by atoms with Crippen molar-refractivity contribution in [1.29, 1.82) is 0 Å². The Morgan fingerprint density at radius 3 is 2.83 bits per heavy atom. The van der Waals surface area contributed by atoms with E-state index in [4.69, 9.17) is 0 Å². The molecular weight excluding hydrogens is 304 g/mol. The maximum absolute atomic E-state index is 4.63. The molecule has 2 N–H and O–H groups in total. The number of nitrogens with zero attached hydrogens (tertiary/aromatic N) is 6. The lowest BCUT2D eigenvalue weighted by molar-refractivity contribution is 0.556. The highest BCUT2D eigenvalue weighted by Gasteiger charge is 2.23. The summed E-state index contributed by atoms with van der Waals surface area (Å²) < 4.78 is 1.70. The average Bonchev–Trinajstić information content (AvgIpc) is 3.00. The number of aromatic nitrogens is 6. The molecule has 8 nitrogen and oxygen atoms in total. The van der Waals surface area contributed by atoms with Crippen LogP contribution in [0.5, 0.6) is 0 Å². The second-order valence-corrected chi connectivity index (χ2v) is 6.19. The van der Waals surface area contributed by atoms with Crippen LogP contribution in [0, 0.1) is 5.92 Å². The summed E-state index contributed by atoms with van der Waals surface area (Å²) in [6, 6.07) is 8.11. The van der Waals surface area contributed by atoms with Crippen molar-refractivity contribution < 1.29 is 0 Å². The van der Waals surface area contributed by atoms with Gasteiger partial charge in [0.05, 0.1) is 16.9 Å². The summed E-state index contributed by atoms with van der Waals surface area (Å²) in [5, 5.41) is 18.7. The van der Waals surface area contributed by atoms with Crippen molar-refractivity contribution in [3.05, 3.63) is 30.5 Å². The Morgan fingerprint density at radius 2 is 2.00 bits per heavy atom. The van der Waals surface area contributed by atoms with Gasteiger partial charge < -0.3 is 10.6 Å². The van der Waals surface area contributed by atoms with Crippen molar-refractivity contribution in [3.63, 3.8) is 0 Å². The monoisotopic (exact) mass is 322 g/mol. The zero-order valence-corrected chi connectivity index (χ0v) is 13.7. The molecule has 8 heteroatoms. The largest absolute Gasteiger partial charge is 0.351 e. The van der Waals surface area contributed by atoms with Crippen LogP contribution in [0.2, 0.25) is 0 Å². The average molecular weight is 322 g/mol. The van der Waals surface area contributed by atoms with Gasteiger partial charge in [-0.15, -0.1) is 5.10 Å². The van der Waals surface area contributed by atoms with E-state index in [1.165, 1.54) is 0 Å². The molecule has 24 heavy (non-hydrogen) atoms. The summed E-state index contributed by atoms with van der Waals surface area (Å²) in [6.07, 6.45) is 1.75. The molecule has 3 heterocycles. The first kappa shape index (κ1) is 14.6. The van der Waals surface area contributed by atoms with Crippen molar-refractivity contribution >= 4 is 17.5 Å². The lowest BCUT2D eigenvalue weighted by Gasteiger charge is -2.18. The molecule has 122 valence electrons. The van der Waals surface area contributed by atoms with Crippen molar-refractivity contribution in [3.8, 4) is 17.1 Å². The van der Waals surface area contributed by atoms with E-state index in [1.807, 2.05) is 24.3 Å². The lowest BCUT2D eigenvalue weighted by Crippen LogP contribution is -2.23. The molecule has 3 aromatic rings. The third kappa shape index (κ3) is 2.36. The summed E-state index contributed by atoms with van der Waals surface area (Å²) in [7, 11) is 0. The number of benzene rings is 1. The minimum Gasteiger partial charge on any atom is -0.351 e. The highest BCUT2D eigenvalue weighted by Crippen LogP contribution is 2.35. The number of tetrazole rings is 1. The van der Waals surface area contributed by atoms with Crippen molar-refractivity contribution in [2.24, 2.45) is 5.92 Å². The van der Waals surface area contributed by atoms with Crippen LogP contribution in [0.1, 0.15) is 20.8 Å². The van der Waals surface area contributed by atoms with Gasteiger partial charge in [-0.05, 0) is 35.4 Å². The molecule has 0 radical (unpaired) electrons. The fraction of sp³-hybridized carbons (Fsp3) is 0.312. The van der Waals surface area contributed by atoms with Crippen LogP contribution in [0.15, 0.2) is 30.5 Å². The van der Waals surface area contributed by atoms with Crippen molar-refractivity contribution in [2.75, 3.05) is 10.6 Å². The van der Waals surface area contributed by atoms with E-state index >= 15 is 0 Å². The van der Waals surface area contributed by atoms with E-state index in [-0.39, 0.29) is 6.04 Å². The minimum atomic E-state index is 0.270. The van der Waals surface area contributed by atoms with Crippen LogP contribution < -0.4 is 10.6 Å². The highest BCUT2D eigenvalue weighted by atomic mass is 15.5. The van der Waals surface area contributed by atoms with E-state index in [2.05, 4.69) is 56.9 Å². The fourth-order valence-electron chi connectivity index (χ4n) is 2.49. The van der Waals surface area contributed by atoms with Gasteiger partial charge in [-0.25, -0.2) is 4.98 Å². The van der Waals surface area contributed by atoms with Crippen LogP contribution in [0.25, 0.3) is 17.1 Å². The summed E-state index contributed by atoms with van der Waals surface area (Å²) in [6.45, 7) is 6.43. The molecule has 0 saturated heterocycles. The van der Waals surface area contributed by atoms with Gasteiger partial charge in [-0.2, -0.15) is 9.67 Å². The van der Waals surface area contributed by atoms with Gasteiger partial charge in [-0.3, -0.25) is 0 Å². The molecular formula is C16H18N8. The number of hydrogen-bond donors (Lipinski definition) is 2. The van der Waals surface area contributed by atoms with Crippen LogP contribution >= 0.6 is 0 Å². The highest BCUT2D eigenvalue weighted by molar-refractivity contribution is 5.81. The molecule has 4 rings (SSSR count). The molecule has 2 aromatic heterocycles. The Hall–Kier alpha value is -3.03. The second kappa shape index (κ2) is 5.55. The van der Waals surface area contributed by atoms with Gasteiger partial charge in [-0.1, -0.05) is 26.0 Å². The van der Waals surface area contributed by atoms with Gasteiger partial charge in [0.15, 0.2) is 5.82 Å². The maximum Gasteiger partial charge on any atom is 0.224 e. The molecule has 0 bridgehead atoms. The molecule has 1 aliphatic rings. The number of hydrogen-bond acceptors (Lipinski definition) is 7. The second-order valence-electron chi connectivity index (χ2n) is 6.19. The number of rotatable bonds is 3. The smallest absolute Gasteiger partial charge is 0.224 e. The Bertz CT molecular complexity index is 885. The molecule has 0 amide bonds. The van der Waals surface area contributed by atoms with Crippen LogP contribution in [0.4, 0.5) is 17.5 Å². The van der Waals surface area contributed by atoms with Crippen molar-refractivity contribution in [2.45, 2.75) is 26.8 Å². The van der Waals surface area contributed by atoms with E-state index in [1.54, 1.807) is 10.9 Å².